The minimum atomic E-state index is -0.940. The summed E-state index contributed by atoms with van der Waals surface area (Å²) in [6, 6.07) is 37.5. The summed E-state index contributed by atoms with van der Waals surface area (Å²) in [6.45, 7) is 21.9. The van der Waals surface area contributed by atoms with Crippen LogP contribution in [0.4, 0.5) is 11.4 Å². The van der Waals surface area contributed by atoms with E-state index in [4.69, 9.17) is 39.3 Å². The van der Waals surface area contributed by atoms with Crippen molar-refractivity contribution in [3.63, 3.8) is 0 Å². The van der Waals surface area contributed by atoms with Crippen LogP contribution < -0.4 is 30.0 Å². The SMILES string of the molecule is CC(C)(C)Oc1cccc(C(=O)Nc2ccc(OCCN3CCOCC3)c3ccccc23)c1.CC(C)(C)Oc1cccc(C(=O)O)c1.Nc1ccc(OCCN2CCOCC2)c2ccccc12. The molecule has 0 bridgehead atoms. The number of fused-ring (bicyclic) bond motifs is 2. The fraction of sp³-hybridized carbons (Fsp3) is 0.370. The number of carbonyl (C=O) groups is 2. The van der Waals surface area contributed by atoms with Crippen LogP contribution in [0.25, 0.3) is 21.5 Å². The first-order valence-electron chi connectivity index (χ1n) is 22.9. The van der Waals surface area contributed by atoms with E-state index in [0.717, 1.165) is 110 Å². The number of morpholine rings is 2. The summed E-state index contributed by atoms with van der Waals surface area (Å²) in [5, 5.41) is 15.9. The molecule has 1 amide bonds. The van der Waals surface area contributed by atoms with Crippen molar-refractivity contribution in [2.24, 2.45) is 0 Å². The lowest BCUT2D eigenvalue weighted by atomic mass is 10.1. The van der Waals surface area contributed by atoms with Gasteiger partial charge in [0.2, 0.25) is 0 Å². The number of rotatable bonds is 13. The molecule has 2 saturated heterocycles. The minimum absolute atomic E-state index is 0.180. The lowest BCUT2D eigenvalue weighted by Gasteiger charge is -2.26. The number of amides is 1. The van der Waals surface area contributed by atoms with Crippen LogP contribution in [-0.4, -0.2) is 117 Å². The van der Waals surface area contributed by atoms with E-state index in [0.29, 0.717) is 30.3 Å². The molecule has 67 heavy (non-hydrogen) atoms. The van der Waals surface area contributed by atoms with E-state index in [9.17, 15) is 9.59 Å². The number of nitrogens with two attached hydrogens (primary N) is 1. The molecule has 0 atom stereocenters. The Hall–Kier alpha value is -6.38. The summed E-state index contributed by atoms with van der Waals surface area (Å²) in [5.41, 5.74) is 7.69. The first-order valence-corrected chi connectivity index (χ1v) is 22.9. The van der Waals surface area contributed by atoms with Crippen molar-refractivity contribution in [2.75, 3.05) is 90.0 Å². The second-order valence-corrected chi connectivity index (χ2v) is 18.2. The van der Waals surface area contributed by atoms with Crippen LogP contribution in [0.3, 0.4) is 0 Å². The number of anilines is 2. The number of nitrogens with zero attached hydrogens (tertiary/aromatic N) is 2. The van der Waals surface area contributed by atoms with Gasteiger partial charge in [0.25, 0.3) is 5.91 Å². The number of carboxylic acid groups (broad SMARTS) is 1. The third kappa shape index (κ3) is 15.9. The number of hydrogen-bond acceptors (Lipinski definition) is 11. The third-order valence-corrected chi connectivity index (χ3v) is 10.6. The molecular weight excluding hydrogens is 849 g/mol. The molecule has 2 aliphatic heterocycles. The molecule has 2 fully saturated rings. The van der Waals surface area contributed by atoms with Crippen molar-refractivity contribution in [1.82, 2.24) is 9.80 Å². The molecule has 4 N–H and O–H groups in total. The van der Waals surface area contributed by atoms with Gasteiger partial charge in [-0.3, -0.25) is 14.6 Å². The van der Waals surface area contributed by atoms with E-state index in [1.165, 1.54) is 12.1 Å². The maximum absolute atomic E-state index is 13.0. The van der Waals surface area contributed by atoms with E-state index in [-0.39, 0.29) is 22.7 Å². The number of nitrogen functional groups attached to an aromatic ring is 1. The Morgan fingerprint density at radius 3 is 1.54 bits per heavy atom. The smallest absolute Gasteiger partial charge is 0.335 e. The standard InChI is InChI=1S/C27H32N2O4.C16H20N2O2.C11H14O3/c1-27(2,3)33-21-8-6-7-20(19-21)26(30)28-24-11-12-25(23-10-5-4-9-22(23)24)32-18-15-29-13-16-31-17-14-29;17-15-5-6-16(14-4-2-1-3-13(14)15)20-12-9-18-7-10-19-11-8-18;1-11(2,3)14-9-6-4-5-8(7-9)10(12)13/h4-12,19H,13-18H2,1-3H3,(H,28,30);1-6H,7-12,17H2;4-7H,1-3H3,(H,12,13). The highest BCUT2D eigenvalue weighted by molar-refractivity contribution is 6.10. The van der Waals surface area contributed by atoms with Crippen molar-refractivity contribution in [1.29, 1.82) is 0 Å². The Labute approximate surface area is 394 Å². The van der Waals surface area contributed by atoms with Crippen molar-refractivity contribution in [3.05, 3.63) is 132 Å². The predicted molar refractivity (Wildman–Crippen MR) is 266 cm³/mol. The van der Waals surface area contributed by atoms with Gasteiger partial charge in [0.15, 0.2) is 0 Å². The molecule has 2 aliphatic rings. The number of carbonyl (C=O) groups excluding carboxylic acids is 1. The average Bonchev–Trinajstić information content (AvgIpc) is 3.31. The van der Waals surface area contributed by atoms with Crippen molar-refractivity contribution >= 4 is 44.8 Å². The summed E-state index contributed by atoms with van der Waals surface area (Å²) in [5.74, 6) is 1.85. The lowest BCUT2D eigenvalue weighted by molar-refractivity contribution is 0.0322. The van der Waals surface area contributed by atoms with Crippen molar-refractivity contribution in [3.8, 4) is 23.0 Å². The maximum atomic E-state index is 13.0. The van der Waals surface area contributed by atoms with E-state index in [1.807, 2.05) is 120 Å². The second-order valence-electron chi connectivity index (χ2n) is 18.2. The molecule has 0 unspecified atom stereocenters. The van der Waals surface area contributed by atoms with Crippen LogP contribution in [0.2, 0.25) is 0 Å². The normalized spacial score (nSPS) is 14.5. The summed E-state index contributed by atoms with van der Waals surface area (Å²) in [6.07, 6.45) is 0. The molecule has 6 aromatic carbocycles. The zero-order chi connectivity index (χ0) is 47.8. The van der Waals surface area contributed by atoms with Gasteiger partial charge in [-0.15, -0.1) is 0 Å². The zero-order valence-electron chi connectivity index (χ0n) is 39.7. The Morgan fingerprint density at radius 1 is 0.582 bits per heavy atom. The van der Waals surface area contributed by atoms with E-state index >= 15 is 0 Å². The minimum Gasteiger partial charge on any atom is -0.492 e. The second kappa shape index (κ2) is 23.9. The van der Waals surface area contributed by atoms with Gasteiger partial charge in [0, 0.05) is 77.8 Å². The molecule has 8 rings (SSSR count). The van der Waals surface area contributed by atoms with Gasteiger partial charge in [-0.1, -0.05) is 60.7 Å². The highest BCUT2D eigenvalue weighted by Crippen LogP contribution is 2.33. The van der Waals surface area contributed by atoms with Gasteiger partial charge < -0.3 is 44.6 Å². The number of benzene rings is 6. The molecule has 6 aromatic rings. The summed E-state index contributed by atoms with van der Waals surface area (Å²) < 4.78 is 34.2. The van der Waals surface area contributed by atoms with Gasteiger partial charge in [-0.05, 0) is 102 Å². The highest BCUT2D eigenvalue weighted by atomic mass is 16.5. The number of nitrogens with one attached hydrogen (secondary N) is 1. The van der Waals surface area contributed by atoms with E-state index in [2.05, 4.69) is 21.2 Å². The zero-order valence-corrected chi connectivity index (χ0v) is 39.7. The topological polar surface area (TPSA) is 154 Å². The Bertz CT molecular complexity index is 2540. The van der Waals surface area contributed by atoms with Crippen molar-refractivity contribution in [2.45, 2.75) is 52.7 Å². The number of ether oxygens (including phenoxy) is 6. The molecule has 356 valence electrons. The third-order valence-electron chi connectivity index (χ3n) is 10.6. The summed E-state index contributed by atoms with van der Waals surface area (Å²) in [7, 11) is 0. The molecule has 13 nitrogen and oxygen atoms in total. The van der Waals surface area contributed by atoms with Crippen molar-refractivity contribution < 1.29 is 43.1 Å². The van der Waals surface area contributed by atoms with Crippen LogP contribution in [0.5, 0.6) is 23.0 Å². The largest absolute Gasteiger partial charge is 0.492 e. The number of hydrogen-bond donors (Lipinski definition) is 3. The quantitative estimate of drug-likeness (QED) is 0.0946. The van der Waals surface area contributed by atoms with Crippen LogP contribution >= 0.6 is 0 Å². The van der Waals surface area contributed by atoms with Crippen LogP contribution in [-0.2, 0) is 9.47 Å². The van der Waals surface area contributed by atoms with E-state index < -0.39 is 5.97 Å². The summed E-state index contributed by atoms with van der Waals surface area (Å²) >= 11 is 0. The lowest BCUT2D eigenvalue weighted by Crippen LogP contribution is -2.38. The molecule has 13 heteroatoms. The Kier molecular flexibility index (Phi) is 17.8. The van der Waals surface area contributed by atoms with Gasteiger partial charge in [0.1, 0.15) is 47.4 Å². The van der Waals surface area contributed by atoms with Crippen LogP contribution in [0, 0.1) is 0 Å². The fourth-order valence-electron chi connectivity index (χ4n) is 7.44. The van der Waals surface area contributed by atoms with Gasteiger partial charge in [-0.25, -0.2) is 4.79 Å². The molecule has 2 heterocycles. The highest BCUT2D eigenvalue weighted by Gasteiger charge is 2.17. The molecule has 0 radical (unpaired) electrons. The first kappa shape index (κ1) is 50.0. The Morgan fingerprint density at radius 2 is 1.03 bits per heavy atom. The molecular formula is C54H66N4O9. The molecule has 0 saturated carbocycles. The average molecular weight is 915 g/mol. The van der Waals surface area contributed by atoms with Gasteiger partial charge in [0.05, 0.1) is 32.0 Å². The summed E-state index contributed by atoms with van der Waals surface area (Å²) in [4.78, 5) is 28.4. The first-order chi connectivity index (χ1) is 32.1. The Balaban J connectivity index is 0.000000184. The number of carboxylic acids is 1. The van der Waals surface area contributed by atoms with Gasteiger partial charge >= 0.3 is 5.97 Å². The maximum Gasteiger partial charge on any atom is 0.335 e. The van der Waals surface area contributed by atoms with E-state index in [1.54, 1.807) is 24.3 Å². The molecule has 0 aliphatic carbocycles. The van der Waals surface area contributed by atoms with Gasteiger partial charge in [-0.2, -0.15) is 0 Å². The molecule has 0 aromatic heterocycles. The van der Waals surface area contributed by atoms with Crippen LogP contribution in [0.1, 0.15) is 62.3 Å². The number of aromatic carboxylic acids is 1. The fourth-order valence-corrected chi connectivity index (χ4v) is 7.44. The van der Waals surface area contributed by atoms with Crippen LogP contribution in [0.15, 0.2) is 121 Å². The monoisotopic (exact) mass is 914 g/mol. The molecule has 0 spiro atoms. The predicted octanol–water partition coefficient (Wildman–Crippen LogP) is 9.68.